The molecule has 2 heterocycles. The maximum absolute atomic E-state index is 13.8. The molecule has 7 nitrogen and oxygen atoms in total. The summed E-state index contributed by atoms with van der Waals surface area (Å²) < 4.78 is 59.1. The molecule has 49 heavy (non-hydrogen) atoms. The molecule has 3 fully saturated rings. The second kappa shape index (κ2) is 12.6. The Morgan fingerprint density at radius 2 is 1.82 bits per heavy atom. The normalized spacial score (nSPS) is 33.6. The number of methoxy groups -OCH3 is 1. The first-order valence-corrected chi connectivity index (χ1v) is 17.5. The fourth-order valence-electron chi connectivity index (χ4n) is 10.1. The number of alkyl halides is 3. The van der Waals surface area contributed by atoms with Crippen LogP contribution >= 0.6 is 0 Å². The Kier molecular flexibility index (Phi) is 8.73. The van der Waals surface area contributed by atoms with E-state index < -0.39 is 35.6 Å². The number of allylic oxidation sites excluding steroid dienone is 1. The second-order valence-corrected chi connectivity index (χ2v) is 14.9. The minimum atomic E-state index is -5.22. The van der Waals surface area contributed by atoms with Crippen LogP contribution in [0.15, 0.2) is 89.7 Å². The van der Waals surface area contributed by atoms with E-state index in [0.717, 1.165) is 68.2 Å². The van der Waals surface area contributed by atoms with Crippen LogP contribution in [0.1, 0.15) is 57.1 Å². The van der Waals surface area contributed by atoms with Gasteiger partial charge >= 0.3 is 6.36 Å². The van der Waals surface area contributed by atoms with Gasteiger partial charge in [0, 0.05) is 49.2 Å². The van der Waals surface area contributed by atoms with Gasteiger partial charge in [0.1, 0.15) is 6.10 Å². The van der Waals surface area contributed by atoms with Crippen LogP contribution in [0.4, 0.5) is 13.2 Å². The fourth-order valence-corrected chi connectivity index (χ4v) is 10.1. The number of piperidine rings is 1. The molecule has 7 rings (SSSR count). The van der Waals surface area contributed by atoms with Crippen LogP contribution in [0.2, 0.25) is 0 Å². The predicted molar refractivity (Wildman–Crippen MR) is 178 cm³/mol. The Morgan fingerprint density at radius 1 is 1.10 bits per heavy atom. The Hall–Kier alpha value is -3.60. The zero-order valence-electron chi connectivity index (χ0n) is 28.3. The highest BCUT2D eigenvalue weighted by Crippen LogP contribution is 2.67. The molecule has 1 spiro atoms. The highest BCUT2D eigenvalue weighted by Gasteiger charge is 2.71. The van der Waals surface area contributed by atoms with E-state index >= 15 is 0 Å². The van der Waals surface area contributed by atoms with E-state index in [1.807, 2.05) is 6.08 Å². The number of amides is 1. The van der Waals surface area contributed by atoms with Gasteiger partial charge in [0.15, 0.2) is 11.5 Å². The third-order valence-electron chi connectivity index (χ3n) is 11.9. The summed E-state index contributed by atoms with van der Waals surface area (Å²) in [6.07, 6.45) is 3.48. The van der Waals surface area contributed by atoms with Crippen LogP contribution < -0.4 is 5.32 Å². The number of carbonyl (C=O) groups is 1. The van der Waals surface area contributed by atoms with Crippen molar-refractivity contribution < 1.29 is 41.8 Å². The summed E-state index contributed by atoms with van der Waals surface area (Å²) in [6, 6.07) is 18.7. The Bertz CT molecular complexity index is 1660. The smallest absolute Gasteiger partial charge is 0.504 e. The van der Waals surface area contributed by atoms with Crippen molar-refractivity contribution >= 4 is 11.7 Å². The third-order valence-corrected chi connectivity index (χ3v) is 11.9. The van der Waals surface area contributed by atoms with E-state index in [0.29, 0.717) is 17.9 Å². The molecule has 2 aromatic carbocycles. The van der Waals surface area contributed by atoms with E-state index in [1.165, 1.54) is 30.4 Å². The van der Waals surface area contributed by atoms with Crippen molar-refractivity contribution in [3.63, 3.8) is 0 Å². The average molecular weight is 680 g/mol. The van der Waals surface area contributed by atoms with E-state index in [1.54, 1.807) is 24.3 Å². The van der Waals surface area contributed by atoms with E-state index in [-0.39, 0.29) is 17.1 Å². The summed E-state index contributed by atoms with van der Waals surface area (Å²) >= 11 is 0. The molecule has 1 saturated carbocycles. The van der Waals surface area contributed by atoms with Crippen molar-refractivity contribution in [3.8, 4) is 0 Å². The topological polar surface area (TPSA) is 77.0 Å². The number of ether oxygens (including phenoxy) is 3. The molecule has 2 saturated heterocycles. The summed E-state index contributed by atoms with van der Waals surface area (Å²) in [5.74, 6) is -2.54. The predicted octanol–water partition coefficient (Wildman–Crippen LogP) is 7.22. The number of carbonyl (C=O) groups excluding carboxylic acids is 1. The minimum absolute atomic E-state index is 0.00760. The number of likely N-dealkylation sites (tertiary alicyclic amines) is 1. The van der Waals surface area contributed by atoms with Gasteiger partial charge in [-0.25, -0.2) is 0 Å². The first kappa shape index (κ1) is 33.9. The van der Waals surface area contributed by atoms with Gasteiger partial charge in [-0.15, -0.1) is 13.2 Å². The highest BCUT2D eigenvalue weighted by atomic mass is 19.4. The number of nitrogens with zero attached hydrogens (tertiary/aromatic N) is 1. The molecule has 1 amide bonds. The fraction of sp³-hybridized carbons (Fsp3) is 0.513. The minimum Gasteiger partial charge on any atom is -0.504 e. The molecule has 3 aliphatic carbocycles. The maximum Gasteiger partial charge on any atom is 0.573 e. The van der Waals surface area contributed by atoms with Crippen molar-refractivity contribution in [1.82, 2.24) is 5.32 Å². The summed E-state index contributed by atoms with van der Waals surface area (Å²) in [5, 5.41) is 13.6. The van der Waals surface area contributed by atoms with Crippen molar-refractivity contribution in [2.75, 3.05) is 26.7 Å². The summed E-state index contributed by atoms with van der Waals surface area (Å²) in [4.78, 5) is 13.8. The number of halogens is 3. The largest absolute Gasteiger partial charge is 0.573 e. The number of quaternary nitrogens is 1. The molecule has 0 radical (unpaired) electrons. The van der Waals surface area contributed by atoms with E-state index in [9.17, 15) is 23.1 Å². The number of aliphatic hydroxyl groups excluding tert-OH is 1. The third kappa shape index (κ3) is 5.79. The number of nitrogens with one attached hydrogen (secondary N) is 1. The number of benzene rings is 2. The standard InChI is InChI=1S/C39H45F3N2O5/c1-25(2)24-44(21-18-26-11-6-4-7-12-26)22-20-37-29-15-10-16-31(37)48-35-32(37)28(23-30(29)44)17-19-38(35,47-3)43-36(46)34(49-39(40,41)42)33(45)27-13-8-5-9-14-27/h4-9,11-14,17,19,25,29-31,35H,10,15-16,18,20-24H2,1-3H3,(H-,43,45,46)/p+1/t29-,30+,31-,35?,37+,38?,44?/m0/s1. The highest BCUT2D eigenvalue weighted by molar-refractivity contribution is 5.98. The number of hydrogen-bond donors (Lipinski definition) is 2. The van der Waals surface area contributed by atoms with E-state index in [2.05, 4.69) is 54.2 Å². The number of hydrogen-bond acceptors (Lipinski definition) is 5. The Labute approximate surface area is 286 Å². The zero-order valence-corrected chi connectivity index (χ0v) is 28.3. The Morgan fingerprint density at radius 3 is 2.49 bits per heavy atom. The summed E-state index contributed by atoms with van der Waals surface area (Å²) in [7, 11) is 1.42. The molecular weight excluding hydrogens is 633 g/mol. The van der Waals surface area contributed by atoms with Crippen molar-refractivity contribution in [1.29, 1.82) is 0 Å². The lowest BCUT2D eigenvalue weighted by Crippen LogP contribution is -2.71. The van der Waals surface area contributed by atoms with Gasteiger partial charge in [-0.3, -0.25) is 4.79 Å². The van der Waals surface area contributed by atoms with Crippen molar-refractivity contribution in [2.45, 2.75) is 82.7 Å². The van der Waals surface area contributed by atoms with Gasteiger partial charge in [-0.2, -0.15) is 0 Å². The molecule has 5 aliphatic rings. The van der Waals surface area contributed by atoms with Gasteiger partial charge in [-0.05, 0) is 35.6 Å². The second-order valence-electron chi connectivity index (χ2n) is 14.9. The molecule has 3 unspecified atom stereocenters. The van der Waals surface area contributed by atoms with Crippen LogP contribution in [0.3, 0.4) is 0 Å². The zero-order chi connectivity index (χ0) is 34.6. The molecule has 2 aliphatic heterocycles. The lowest BCUT2D eigenvalue weighted by Gasteiger charge is -2.63. The molecule has 7 atom stereocenters. The van der Waals surface area contributed by atoms with Gasteiger partial charge in [0.05, 0.1) is 31.8 Å². The van der Waals surface area contributed by atoms with Crippen LogP contribution in [-0.4, -0.2) is 72.6 Å². The molecule has 2 N–H and O–H groups in total. The van der Waals surface area contributed by atoms with Gasteiger partial charge in [0.25, 0.3) is 5.91 Å². The van der Waals surface area contributed by atoms with Crippen LogP contribution in [0, 0.1) is 17.3 Å². The number of aliphatic hydroxyl groups is 1. The lowest BCUT2D eigenvalue weighted by molar-refractivity contribution is -0.965. The molecular formula is C39H46F3N2O5+. The summed E-state index contributed by atoms with van der Waals surface area (Å²) in [6.45, 7) is 7.81. The summed E-state index contributed by atoms with van der Waals surface area (Å²) in [5.41, 5.74) is 1.84. The molecule has 2 aromatic rings. The first-order chi connectivity index (χ1) is 23.4. The van der Waals surface area contributed by atoms with Crippen LogP contribution in [-0.2, 0) is 25.4 Å². The Balaban J connectivity index is 1.25. The van der Waals surface area contributed by atoms with Gasteiger partial charge < -0.3 is 29.1 Å². The van der Waals surface area contributed by atoms with Gasteiger partial charge in [-0.1, -0.05) is 87.0 Å². The van der Waals surface area contributed by atoms with Crippen molar-refractivity contribution in [2.24, 2.45) is 17.3 Å². The van der Waals surface area contributed by atoms with Gasteiger partial charge in [0.2, 0.25) is 5.76 Å². The monoisotopic (exact) mass is 679 g/mol. The van der Waals surface area contributed by atoms with Crippen LogP contribution in [0.25, 0.3) is 5.76 Å². The maximum atomic E-state index is 13.8. The van der Waals surface area contributed by atoms with Crippen molar-refractivity contribution in [3.05, 3.63) is 101 Å². The quantitative estimate of drug-likeness (QED) is 0.120. The van der Waals surface area contributed by atoms with Crippen LogP contribution in [0.5, 0.6) is 0 Å². The number of rotatable bonds is 10. The SMILES string of the molecule is COC1(NC(=O)C(OC(F)(F)F)=C(O)c2ccccc2)C=CC2=C3C1O[C@H]1CCC[C@H]4[C@@H](C2)[N+](CCc2ccccc2)(CC(C)C)CC[C@]314. The molecule has 2 bridgehead atoms. The first-order valence-electron chi connectivity index (χ1n) is 17.5. The molecule has 10 heteroatoms. The molecule has 262 valence electrons. The average Bonchev–Trinajstić information content (AvgIpc) is 3.44. The van der Waals surface area contributed by atoms with E-state index in [4.69, 9.17) is 9.47 Å². The molecule has 0 aromatic heterocycles. The lowest BCUT2D eigenvalue weighted by atomic mass is 9.50.